The largest absolute Gasteiger partial charge is 0.494 e. The van der Waals surface area contributed by atoms with E-state index in [0.29, 0.717) is 23.2 Å². The highest BCUT2D eigenvalue weighted by Crippen LogP contribution is 2.35. The molecule has 1 aromatic carbocycles. The van der Waals surface area contributed by atoms with Crippen molar-refractivity contribution in [3.63, 3.8) is 0 Å². The number of fused-ring (bicyclic) bond motifs is 1. The number of aryl methyl sites for hydroxylation is 1. The average Bonchev–Trinajstić information content (AvgIpc) is 3.32. The summed E-state index contributed by atoms with van der Waals surface area (Å²) in [5.41, 5.74) is 2.70. The second-order valence-corrected chi connectivity index (χ2v) is 10.4. The van der Waals surface area contributed by atoms with E-state index in [4.69, 9.17) is 9.84 Å². The molecule has 0 atom stereocenters. The van der Waals surface area contributed by atoms with Gasteiger partial charge in [0.25, 0.3) is 5.91 Å². The predicted molar refractivity (Wildman–Crippen MR) is 143 cm³/mol. The molecule has 8 nitrogen and oxygen atoms in total. The molecule has 2 fully saturated rings. The fourth-order valence-electron chi connectivity index (χ4n) is 5.78. The maximum Gasteiger partial charge on any atom is 0.274 e. The zero-order chi connectivity index (χ0) is 25.1. The summed E-state index contributed by atoms with van der Waals surface area (Å²) in [5.74, 6) is 1.11. The highest BCUT2D eigenvalue weighted by Gasteiger charge is 2.26. The van der Waals surface area contributed by atoms with E-state index in [1.807, 2.05) is 31.2 Å². The van der Waals surface area contributed by atoms with E-state index in [0.717, 1.165) is 54.5 Å². The van der Waals surface area contributed by atoms with Gasteiger partial charge in [-0.2, -0.15) is 5.10 Å². The van der Waals surface area contributed by atoms with Crippen LogP contribution >= 0.6 is 0 Å². The van der Waals surface area contributed by atoms with Gasteiger partial charge in [0.1, 0.15) is 11.4 Å². The Bertz CT molecular complexity index is 1190. The Morgan fingerprint density at radius 1 is 1.17 bits per heavy atom. The van der Waals surface area contributed by atoms with Crippen molar-refractivity contribution in [1.29, 1.82) is 0 Å². The molecular weight excluding hydrogens is 452 g/mol. The van der Waals surface area contributed by atoms with E-state index >= 15 is 0 Å². The Morgan fingerprint density at radius 3 is 2.67 bits per heavy atom. The van der Waals surface area contributed by atoms with Crippen LogP contribution in [0.3, 0.4) is 0 Å². The molecule has 1 amide bonds. The maximum atomic E-state index is 12.8. The topological polar surface area (TPSA) is 84.3 Å². The summed E-state index contributed by atoms with van der Waals surface area (Å²) in [6.07, 6.45) is 9.42. The molecule has 0 radical (unpaired) electrons. The smallest absolute Gasteiger partial charge is 0.274 e. The van der Waals surface area contributed by atoms with E-state index in [1.54, 1.807) is 13.2 Å². The van der Waals surface area contributed by atoms with Crippen LogP contribution in [0.4, 0.5) is 5.69 Å². The molecule has 192 valence electrons. The predicted octanol–water partition coefficient (Wildman–Crippen LogP) is 4.42. The molecule has 2 aliphatic rings. The van der Waals surface area contributed by atoms with Gasteiger partial charge in [0, 0.05) is 35.9 Å². The van der Waals surface area contributed by atoms with Gasteiger partial charge < -0.3 is 20.3 Å². The van der Waals surface area contributed by atoms with Gasteiger partial charge in [-0.25, -0.2) is 4.98 Å². The van der Waals surface area contributed by atoms with Crippen LogP contribution in [-0.4, -0.2) is 65.4 Å². The Morgan fingerprint density at radius 2 is 1.94 bits per heavy atom. The fourth-order valence-corrected chi connectivity index (χ4v) is 5.78. The summed E-state index contributed by atoms with van der Waals surface area (Å²) in [4.78, 5) is 19.7. The van der Waals surface area contributed by atoms with E-state index in [2.05, 4.69) is 38.4 Å². The zero-order valence-corrected chi connectivity index (χ0v) is 21.7. The van der Waals surface area contributed by atoms with Crippen molar-refractivity contribution < 1.29 is 9.53 Å². The molecule has 1 saturated heterocycles. The molecule has 2 N–H and O–H groups in total. The summed E-state index contributed by atoms with van der Waals surface area (Å²) in [6, 6.07) is 10.4. The number of rotatable bonds is 7. The maximum absolute atomic E-state index is 12.8. The van der Waals surface area contributed by atoms with Crippen LogP contribution in [0.5, 0.6) is 5.75 Å². The van der Waals surface area contributed by atoms with Gasteiger partial charge in [-0.3, -0.25) is 9.48 Å². The Labute approximate surface area is 213 Å². The van der Waals surface area contributed by atoms with Crippen molar-refractivity contribution in [2.24, 2.45) is 5.92 Å². The van der Waals surface area contributed by atoms with Crippen LogP contribution in [0, 0.1) is 12.8 Å². The third-order valence-corrected chi connectivity index (χ3v) is 7.88. The molecule has 5 rings (SSSR count). The monoisotopic (exact) mass is 490 g/mol. The third kappa shape index (κ3) is 5.55. The van der Waals surface area contributed by atoms with Crippen LogP contribution in [-0.2, 0) is 0 Å². The number of hydrogen-bond acceptors (Lipinski definition) is 6. The molecule has 2 aromatic heterocycles. The third-order valence-electron chi connectivity index (χ3n) is 7.88. The lowest BCUT2D eigenvalue weighted by Gasteiger charge is -2.36. The van der Waals surface area contributed by atoms with Crippen LogP contribution in [0.1, 0.15) is 60.7 Å². The average molecular weight is 491 g/mol. The molecule has 0 spiro atoms. The van der Waals surface area contributed by atoms with Gasteiger partial charge in [0.2, 0.25) is 0 Å². The Balaban J connectivity index is 1.24. The number of piperidine rings is 1. The van der Waals surface area contributed by atoms with Gasteiger partial charge >= 0.3 is 0 Å². The van der Waals surface area contributed by atoms with E-state index < -0.39 is 0 Å². The molecule has 1 saturated carbocycles. The number of nitrogens with one attached hydrogen (secondary N) is 2. The van der Waals surface area contributed by atoms with E-state index in [-0.39, 0.29) is 5.91 Å². The molecule has 3 aromatic rings. The van der Waals surface area contributed by atoms with Gasteiger partial charge in [0.15, 0.2) is 0 Å². The number of ether oxygens (including phenoxy) is 1. The molecule has 3 heterocycles. The number of carbonyl (C=O) groups is 1. The quantitative estimate of drug-likeness (QED) is 0.510. The van der Waals surface area contributed by atoms with Crippen molar-refractivity contribution in [2.45, 2.75) is 57.5 Å². The van der Waals surface area contributed by atoms with Crippen LogP contribution in [0.2, 0.25) is 0 Å². The minimum absolute atomic E-state index is 0.253. The number of benzene rings is 1. The number of anilines is 1. The molecule has 1 aliphatic carbocycles. The van der Waals surface area contributed by atoms with E-state index in [9.17, 15) is 4.79 Å². The van der Waals surface area contributed by atoms with Gasteiger partial charge in [-0.15, -0.1) is 0 Å². The van der Waals surface area contributed by atoms with Crippen LogP contribution in [0.25, 0.3) is 10.9 Å². The molecule has 8 heteroatoms. The summed E-state index contributed by atoms with van der Waals surface area (Å²) in [5, 5.41) is 12.3. The molecular formula is C28H38N6O2. The second kappa shape index (κ2) is 11.0. The standard InChI is InChI=1S/C28H38N6O2/c1-19-5-4-6-24(30-19)28(35)31-26-15-21-18-34(32-25(21)16-27(26)36-3)23-9-7-20(8-10-23)17-33(2)22-11-13-29-14-12-22/h4-6,15-16,18,20,22-23,29H,7-14,17H2,1-3H3,(H,31,35). The molecule has 36 heavy (non-hydrogen) atoms. The van der Waals surface area contributed by atoms with Crippen LogP contribution in [0.15, 0.2) is 36.5 Å². The number of methoxy groups -OCH3 is 1. The fraction of sp³-hybridized carbons (Fsp3) is 0.536. The Hall–Kier alpha value is -2.97. The minimum Gasteiger partial charge on any atom is -0.494 e. The minimum atomic E-state index is -0.253. The van der Waals surface area contributed by atoms with Gasteiger partial charge in [-0.1, -0.05) is 6.07 Å². The molecule has 0 unspecified atom stereocenters. The van der Waals surface area contributed by atoms with Gasteiger partial charge in [-0.05, 0) is 89.7 Å². The lowest BCUT2D eigenvalue weighted by Crippen LogP contribution is -2.43. The summed E-state index contributed by atoms with van der Waals surface area (Å²) in [6.45, 7) is 5.37. The summed E-state index contributed by atoms with van der Waals surface area (Å²) >= 11 is 0. The molecule has 1 aliphatic heterocycles. The van der Waals surface area contributed by atoms with Crippen molar-refractivity contribution >= 4 is 22.5 Å². The van der Waals surface area contributed by atoms with Crippen molar-refractivity contribution in [3.05, 3.63) is 47.9 Å². The van der Waals surface area contributed by atoms with Crippen LogP contribution < -0.4 is 15.4 Å². The van der Waals surface area contributed by atoms with Crippen molar-refractivity contribution in [1.82, 2.24) is 25.0 Å². The lowest BCUT2D eigenvalue weighted by atomic mass is 9.85. The van der Waals surface area contributed by atoms with Crippen molar-refractivity contribution in [2.75, 3.05) is 39.1 Å². The number of nitrogens with zero attached hydrogens (tertiary/aromatic N) is 4. The normalized spacial score (nSPS) is 21.1. The highest BCUT2D eigenvalue weighted by molar-refractivity contribution is 6.05. The second-order valence-electron chi connectivity index (χ2n) is 10.4. The Kier molecular flexibility index (Phi) is 7.53. The zero-order valence-electron chi connectivity index (χ0n) is 21.7. The highest BCUT2D eigenvalue weighted by atomic mass is 16.5. The number of carbonyl (C=O) groups excluding carboxylic acids is 1. The summed E-state index contributed by atoms with van der Waals surface area (Å²) in [7, 11) is 3.92. The number of amides is 1. The first-order valence-electron chi connectivity index (χ1n) is 13.2. The van der Waals surface area contributed by atoms with Crippen molar-refractivity contribution in [3.8, 4) is 5.75 Å². The molecule has 0 bridgehead atoms. The first-order chi connectivity index (χ1) is 17.5. The van der Waals surface area contributed by atoms with Gasteiger partial charge in [0.05, 0.1) is 24.4 Å². The first kappa shape index (κ1) is 24.7. The lowest BCUT2D eigenvalue weighted by molar-refractivity contribution is 0.102. The summed E-state index contributed by atoms with van der Waals surface area (Å²) < 4.78 is 7.71. The number of pyridine rings is 1. The number of hydrogen-bond donors (Lipinski definition) is 2. The SMILES string of the molecule is COc1cc2nn(C3CCC(CN(C)C4CCNCC4)CC3)cc2cc1NC(=O)c1cccc(C)n1. The van der Waals surface area contributed by atoms with E-state index in [1.165, 1.54) is 32.2 Å². The first-order valence-corrected chi connectivity index (χ1v) is 13.2. The number of aromatic nitrogens is 3.